The van der Waals surface area contributed by atoms with Crippen LogP contribution in [0.4, 0.5) is 14.6 Å². The number of aliphatic hydroxyl groups is 2. The van der Waals surface area contributed by atoms with Crippen LogP contribution >= 0.6 is 0 Å². The van der Waals surface area contributed by atoms with Crippen molar-refractivity contribution in [1.82, 2.24) is 9.55 Å². The van der Waals surface area contributed by atoms with Crippen molar-refractivity contribution in [3.63, 3.8) is 0 Å². The van der Waals surface area contributed by atoms with Gasteiger partial charge in [0.15, 0.2) is 6.10 Å². The molecule has 5 aromatic rings. The Morgan fingerprint density at radius 2 is 1.41 bits per heavy atom. The van der Waals surface area contributed by atoms with Crippen molar-refractivity contribution >= 4 is 27.4 Å². The molecule has 2 heterocycles. The van der Waals surface area contributed by atoms with E-state index in [-0.39, 0.29) is 5.82 Å². The lowest BCUT2D eigenvalue weighted by molar-refractivity contribution is -0.141. The van der Waals surface area contributed by atoms with Gasteiger partial charge in [-0.05, 0) is 38.7 Å². The summed E-state index contributed by atoms with van der Waals surface area (Å²) in [7, 11) is 0. The van der Waals surface area contributed by atoms with Crippen LogP contribution in [0.2, 0.25) is 0 Å². The quantitative estimate of drug-likeness (QED) is 0.315. The molecule has 6 rings (SSSR count). The van der Waals surface area contributed by atoms with Gasteiger partial charge in [0, 0.05) is 12.1 Å². The van der Waals surface area contributed by atoms with Gasteiger partial charge in [0.2, 0.25) is 6.23 Å². The highest BCUT2D eigenvalue weighted by Gasteiger charge is 2.62. The first-order chi connectivity index (χ1) is 18.8. The highest BCUT2D eigenvalue weighted by molar-refractivity contribution is 5.90. The van der Waals surface area contributed by atoms with Gasteiger partial charge >= 0.3 is 11.6 Å². The lowest BCUT2D eigenvalue weighted by Gasteiger charge is -2.31. The van der Waals surface area contributed by atoms with Crippen molar-refractivity contribution in [2.75, 3.05) is 5.73 Å². The molecule has 39 heavy (non-hydrogen) atoms. The van der Waals surface area contributed by atoms with Gasteiger partial charge in [0.1, 0.15) is 11.9 Å². The molecule has 9 heteroatoms. The van der Waals surface area contributed by atoms with E-state index in [2.05, 4.69) is 4.98 Å². The minimum atomic E-state index is -3.91. The molecule has 0 saturated carbocycles. The van der Waals surface area contributed by atoms with Crippen molar-refractivity contribution in [2.45, 2.75) is 36.4 Å². The van der Waals surface area contributed by atoms with Gasteiger partial charge in [-0.25, -0.2) is 4.79 Å². The molecule has 7 nitrogen and oxygen atoms in total. The molecule has 0 spiro atoms. The molecular weight excluding hydrogens is 504 g/mol. The molecule has 0 amide bonds. The van der Waals surface area contributed by atoms with E-state index in [1.807, 2.05) is 84.9 Å². The predicted octanol–water partition coefficient (Wildman–Crippen LogP) is 4.22. The normalized spacial score (nSPS) is 21.5. The molecule has 1 aliphatic rings. The number of alkyl halides is 2. The predicted molar refractivity (Wildman–Crippen MR) is 144 cm³/mol. The molecule has 1 aromatic heterocycles. The monoisotopic (exact) mass is 529 g/mol. The molecule has 4 N–H and O–H groups in total. The number of halogens is 2. The first-order valence-corrected chi connectivity index (χ1v) is 12.5. The van der Waals surface area contributed by atoms with Crippen LogP contribution in [0.1, 0.15) is 23.3 Å². The van der Waals surface area contributed by atoms with Gasteiger partial charge in [0.25, 0.3) is 0 Å². The van der Waals surface area contributed by atoms with E-state index >= 15 is 8.78 Å². The number of nitrogens with two attached hydrogens (primary N) is 1. The number of anilines is 1. The van der Waals surface area contributed by atoms with Crippen LogP contribution in [0.5, 0.6) is 0 Å². The Balaban J connectivity index is 1.51. The largest absolute Gasteiger partial charge is 0.389 e. The molecule has 4 atom stereocenters. The Kier molecular flexibility index (Phi) is 6.14. The van der Waals surface area contributed by atoms with Crippen LogP contribution in [0, 0.1) is 0 Å². The molecule has 1 saturated heterocycles. The summed E-state index contributed by atoms with van der Waals surface area (Å²) >= 11 is 0. The molecular formula is C30H25F2N3O4. The Morgan fingerprint density at radius 3 is 1.97 bits per heavy atom. The van der Waals surface area contributed by atoms with Gasteiger partial charge in [-0.15, -0.1) is 0 Å². The fourth-order valence-corrected chi connectivity index (χ4v) is 5.57. The minimum absolute atomic E-state index is 0.137. The number of fused-ring (bicyclic) bond motifs is 2. The molecule has 1 fully saturated rings. The Hall–Kier alpha value is -4.18. The van der Waals surface area contributed by atoms with Gasteiger partial charge in [-0.2, -0.15) is 13.8 Å². The van der Waals surface area contributed by atoms with Crippen molar-refractivity contribution in [1.29, 1.82) is 0 Å². The first-order valence-electron chi connectivity index (χ1n) is 12.5. The fourth-order valence-electron chi connectivity index (χ4n) is 5.57. The summed E-state index contributed by atoms with van der Waals surface area (Å²) in [5, 5.41) is 26.2. The number of nitrogens with zero attached hydrogens (tertiary/aromatic N) is 2. The molecule has 0 aliphatic carbocycles. The van der Waals surface area contributed by atoms with Crippen LogP contribution in [0.15, 0.2) is 102 Å². The highest BCUT2D eigenvalue weighted by atomic mass is 19.3. The smallest absolute Gasteiger partial charge is 0.351 e. The molecule has 1 unspecified atom stereocenters. The van der Waals surface area contributed by atoms with Crippen LogP contribution in [-0.2, 0) is 4.74 Å². The number of benzene rings is 4. The third kappa shape index (κ3) is 4.15. The Morgan fingerprint density at radius 1 is 0.872 bits per heavy atom. The zero-order chi connectivity index (χ0) is 27.3. The Bertz CT molecular complexity index is 1650. The van der Waals surface area contributed by atoms with Crippen LogP contribution < -0.4 is 11.4 Å². The number of aromatic nitrogens is 2. The summed E-state index contributed by atoms with van der Waals surface area (Å²) in [5.41, 5.74) is 5.83. The molecule has 1 aliphatic heterocycles. The van der Waals surface area contributed by atoms with Gasteiger partial charge < -0.3 is 20.7 Å². The number of rotatable bonds is 5. The van der Waals surface area contributed by atoms with Crippen LogP contribution in [0.3, 0.4) is 0 Å². The summed E-state index contributed by atoms with van der Waals surface area (Å²) in [6.07, 6.45) is -6.91. The lowest BCUT2D eigenvalue weighted by atomic mass is 9.79. The van der Waals surface area contributed by atoms with Crippen LogP contribution in [-0.4, -0.2) is 44.0 Å². The molecule has 0 radical (unpaired) electrons. The van der Waals surface area contributed by atoms with E-state index in [0.29, 0.717) is 15.7 Å². The standard InChI is InChI=1S/C30H25F2N3O4/c31-30(32)27(37)26(39-28(30)35-16-15-23(33)34-29(35)38)25(36)24(21-13-5-9-17-7-1-3-11-19(17)21)22-14-6-10-18-8-2-4-12-20(18)22/h1-16,24-28,36-37H,(H2,33,34,38)/t25?,26-,27-,28-/m1/s1. The van der Waals surface area contributed by atoms with Crippen molar-refractivity contribution in [2.24, 2.45) is 0 Å². The van der Waals surface area contributed by atoms with E-state index < -0.39 is 42.1 Å². The number of aliphatic hydroxyl groups excluding tert-OH is 2. The topological polar surface area (TPSA) is 111 Å². The van der Waals surface area contributed by atoms with Crippen molar-refractivity contribution in [3.05, 3.63) is 119 Å². The number of hydrogen-bond acceptors (Lipinski definition) is 6. The Labute approximate surface area is 221 Å². The van der Waals surface area contributed by atoms with E-state index in [9.17, 15) is 15.0 Å². The second kappa shape index (κ2) is 9.53. The second-order valence-electron chi connectivity index (χ2n) is 9.72. The summed E-state index contributed by atoms with van der Waals surface area (Å²) in [4.78, 5) is 15.9. The maximum absolute atomic E-state index is 15.4. The highest BCUT2D eigenvalue weighted by Crippen LogP contribution is 2.47. The first kappa shape index (κ1) is 25.1. The van der Waals surface area contributed by atoms with Gasteiger partial charge in [0.05, 0.1) is 6.10 Å². The van der Waals surface area contributed by atoms with Crippen LogP contribution in [0.25, 0.3) is 21.5 Å². The molecule has 0 bridgehead atoms. The summed E-state index contributed by atoms with van der Waals surface area (Å²) in [6, 6.07) is 27.6. The average Bonchev–Trinajstić information content (AvgIpc) is 3.17. The number of nitrogen functional groups attached to an aromatic ring is 1. The average molecular weight is 530 g/mol. The molecule has 4 aromatic carbocycles. The van der Waals surface area contributed by atoms with E-state index in [1.165, 1.54) is 6.07 Å². The SMILES string of the molecule is Nc1ccn([C@@H]2O[C@H](C(O)C(c3cccc4ccccc34)c3cccc4ccccc34)[C@@H](O)C2(F)F)c(=O)n1. The zero-order valence-electron chi connectivity index (χ0n) is 20.6. The lowest BCUT2D eigenvalue weighted by Crippen LogP contribution is -2.45. The van der Waals surface area contributed by atoms with E-state index in [0.717, 1.165) is 27.7 Å². The van der Waals surface area contributed by atoms with Gasteiger partial charge in [-0.1, -0.05) is 84.9 Å². The maximum atomic E-state index is 15.4. The van der Waals surface area contributed by atoms with E-state index in [4.69, 9.17) is 10.5 Å². The zero-order valence-corrected chi connectivity index (χ0v) is 20.6. The summed E-state index contributed by atoms with van der Waals surface area (Å²) in [6.45, 7) is 0. The third-order valence-corrected chi connectivity index (χ3v) is 7.42. The molecule has 198 valence electrons. The fraction of sp³-hybridized carbons (Fsp3) is 0.200. The summed E-state index contributed by atoms with van der Waals surface area (Å²) < 4.78 is 37.1. The van der Waals surface area contributed by atoms with E-state index in [1.54, 1.807) is 0 Å². The van der Waals surface area contributed by atoms with Crippen molar-refractivity contribution < 1.29 is 23.7 Å². The van der Waals surface area contributed by atoms with Crippen molar-refractivity contribution in [3.8, 4) is 0 Å². The number of ether oxygens (including phenoxy) is 1. The number of hydrogen-bond donors (Lipinski definition) is 3. The second-order valence-corrected chi connectivity index (χ2v) is 9.72. The van der Waals surface area contributed by atoms with Gasteiger partial charge in [-0.3, -0.25) is 4.57 Å². The third-order valence-electron chi connectivity index (χ3n) is 7.42. The maximum Gasteiger partial charge on any atom is 0.351 e. The minimum Gasteiger partial charge on any atom is -0.389 e. The summed E-state index contributed by atoms with van der Waals surface area (Å²) in [5.74, 6) is -4.91.